The van der Waals surface area contributed by atoms with Crippen LogP contribution in [0, 0.1) is 18.7 Å². The highest BCUT2D eigenvalue weighted by Crippen LogP contribution is 2.27. The lowest BCUT2D eigenvalue weighted by atomic mass is 10.0. The molecule has 1 rings (SSSR count). The van der Waals surface area contributed by atoms with Crippen molar-refractivity contribution in [2.24, 2.45) is 11.7 Å². The van der Waals surface area contributed by atoms with Crippen molar-refractivity contribution in [3.05, 3.63) is 29.1 Å². The van der Waals surface area contributed by atoms with E-state index in [1.165, 1.54) is 6.07 Å². The smallest absolute Gasteiger partial charge is 0.126 e. The quantitative estimate of drug-likeness (QED) is 0.852. The summed E-state index contributed by atoms with van der Waals surface area (Å²) in [6, 6.07) is 2.98. The first-order valence-electron chi connectivity index (χ1n) is 6.10. The monoisotopic (exact) mass is 239 g/mol. The first-order chi connectivity index (χ1) is 7.91. The molecule has 1 atom stereocenters. The average Bonchev–Trinajstić information content (AvgIpc) is 2.22. The summed E-state index contributed by atoms with van der Waals surface area (Å²) in [6.45, 7) is 8.49. The molecule has 0 aliphatic carbocycles. The van der Waals surface area contributed by atoms with Gasteiger partial charge in [-0.15, -0.1) is 0 Å². The predicted octanol–water partition coefficient (Wildman–Crippen LogP) is 3.58. The third-order valence-corrected chi connectivity index (χ3v) is 2.73. The van der Waals surface area contributed by atoms with E-state index >= 15 is 0 Å². The van der Waals surface area contributed by atoms with Crippen molar-refractivity contribution in [3.8, 4) is 5.75 Å². The highest BCUT2D eigenvalue weighted by Gasteiger charge is 2.12. The van der Waals surface area contributed by atoms with E-state index in [0.29, 0.717) is 23.8 Å². The molecule has 2 nitrogen and oxygen atoms in total. The third kappa shape index (κ3) is 4.00. The Balaban J connectivity index is 2.85. The summed E-state index contributed by atoms with van der Waals surface area (Å²) < 4.78 is 19.2. The molecule has 0 aliphatic rings. The van der Waals surface area contributed by atoms with Crippen LogP contribution in [0.25, 0.3) is 0 Å². The predicted molar refractivity (Wildman–Crippen MR) is 68.7 cm³/mol. The van der Waals surface area contributed by atoms with Crippen LogP contribution in [-0.4, -0.2) is 6.61 Å². The molecule has 0 spiro atoms. The zero-order valence-corrected chi connectivity index (χ0v) is 11.1. The minimum absolute atomic E-state index is 0.223. The lowest BCUT2D eigenvalue weighted by Gasteiger charge is -2.16. The van der Waals surface area contributed by atoms with E-state index in [2.05, 4.69) is 13.8 Å². The second-order valence-electron chi connectivity index (χ2n) is 4.96. The third-order valence-electron chi connectivity index (χ3n) is 2.73. The summed E-state index contributed by atoms with van der Waals surface area (Å²) in [5.74, 6) is 1.07. The molecule has 0 saturated heterocycles. The molecule has 1 aromatic carbocycles. The molecule has 0 heterocycles. The molecule has 17 heavy (non-hydrogen) atoms. The van der Waals surface area contributed by atoms with Gasteiger partial charge in [-0.05, 0) is 43.9 Å². The standard InChI is InChI=1S/C14H22FNO/c1-9(2)5-6-17-14-7-10(3)13(15)8-12(14)11(4)16/h7-9,11H,5-6,16H2,1-4H3/t11-/m0/s1. The van der Waals surface area contributed by atoms with Crippen LogP contribution in [-0.2, 0) is 0 Å². The van der Waals surface area contributed by atoms with Gasteiger partial charge >= 0.3 is 0 Å². The molecule has 0 aromatic heterocycles. The van der Waals surface area contributed by atoms with Crippen molar-refractivity contribution < 1.29 is 9.13 Å². The van der Waals surface area contributed by atoms with Crippen LogP contribution in [0.3, 0.4) is 0 Å². The lowest BCUT2D eigenvalue weighted by Crippen LogP contribution is -2.10. The lowest BCUT2D eigenvalue weighted by molar-refractivity contribution is 0.285. The number of nitrogens with two attached hydrogens (primary N) is 1. The molecule has 1 aromatic rings. The Hall–Kier alpha value is -1.09. The van der Waals surface area contributed by atoms with Crippen LogP contribution in [0.1, 0.15) is 44.4 Å². The Morgan fingerprint density at radius 2 is 1.94 bits per heavy atom. The number of benzene rings is 1. The summed E-state index contributed by atoms with van der Waals surface area (Å²) in [5, 5.41) is 0. The summed E-state index contributed by atoms with van der Waals surface area (Å²) in [5.41, 5.74) is 7.14. The first-order valence-corrected chi connectivity index (χ1v) is 6.10. The van der Waals surface area contributed by atoms with Crippen LogP contribution in [0.15, 0.2) is 12.1 Å². The van der Waals surface area contributed by atoms with Crippen molar-refractivity contribution in [3.63, 3.8) is 0 Å². The minimum atomic E-state index is -0.228. The maximum absolute atomic E-state index is 13.5. The van der Waals surface area contributed by atoms with Gasteiger partial charge in [-0.2, -0.15) is 0 Å². The number of rotatable bonds is 5. The molecule has 2 N–H and O–H groups in total. The van der Waals surface area contributed by atoms with Gasteiger partial charge in [-0.25, -0.2) is 4.39 Å². The van der Waals surface area contributed by atoms with Gasteiger partial charge in [0.15, 0.2) is 0 Å². The summed E-state index contributed by atoms with van der Waals surface area (Å²) in [7, 11) is 0. The molecular weight excluding hydrogens is 217 g/mol. The zero-order valence-electron chi connectivity index (χ0n) is 11.1. The maximum atomic E-state index is 13.5. The first kappa shape index (κ1) is 14.0. The van der Waals surface area contributed by atoms with Crippen molar-refractivity contribution in [2.75, 3.05) is 6.61 Å². The van der Waals surface area contributed by atoms with E-state index < -0.39 is 0 Å². The largest absolute Gasteiger partial charge is 0.493 e. The van der Waals surface area contributed by atoms with E-state index in [1.807, 2.05) is 6.92 Å². The van der Waals surface area contributed by atoms with Crippen molar-refractivity contribution in [1.29, 1.82) is 0 Å². The SMILES string of the molecule is Cc1cc(OCCC(C)C)c([C@H](C)N)cc1F. The molecule has 0 aliphatic heterocycles. The fourth-order valence-electron chi connectivity index (χ4n) is 1.56. The number of hydrogen-bond donors (Lipinski definition) is 1. The number of hydrogen-bond acceptors (Lipinski definition) is 2. The minimum Gasteiger partial charge on any atom is -0.493 e. The van der Waals surface area contributed by atoms with Gasteiger partial charge in [0, 0.05) is 11.6 Å². The number of halogens is 1. The Morgan fingerprint density at radius 1 is 1.29 bits per heavy atom. The molecule has 0 radical (unpaired) electrons. The van der Waals surface area contributed by atoms with Gasteiger partial charge < -0.3 is 10.5 Å². The molecule has 0 bridgehead atoms. The van der Waals surface area contributed by atoms with E-state index in [1.54, 1.807) is 13.0 Å². The average molecular weight is 239 g/mol. The maximum Gasteiger partial charge on any atom is 0.126 e. The van der Waals surface area contributed by atoms with Gasteiger partial charge in [0.2, 0.25) is 0 Å². The van der Waals surface area contributed by atoms with Gasteiger partial charge in [0.25, 0.3) is 0 Å². The normalized spacial score (nSPS) is 12.9. The fraction of sp³-hybridized carbons (Fsp3) is 0.571. The van der Waals surface area contributed by atoms with Crippen molar-refractivity contribution >= 4 is 0 Å². The van der Waals surface area contributed by atoms with Crippen LogP contribution in [0.4, 0.5) is 4.39 Å². The van der Waals surface area contributed by atoms with E-state index in [-0.39, 0.29) is 11.9 Å². The van der Waals surface area contributed by atoms with Gasteiger partial charge in [0.05, 0.1) is 6.61 Å². The van der Waals surface area contributed by atoms with E-state index in [0.717, 1.165) is 12.0 Å². The Morgan fingerprint density at radius 3 is 2.47 bits per heavy atom. The number of aryl methyl sites for hydroxylation is 1. The molecular formula is C14H22FNO. The summed E-state index contributed by atoms with van der Waals surface area (Å²) in [6.07, 6.45) is 0.981. The highest BCUT2D eigenvalue weighted by molar-refractivity contribution is 5.39. The Kier molecular flexibility index (Phi) is 4.94. The zero-order chi connectivity index (χ0) is 13.0. The van der Waals surface area contributed by atoms with E-state index in [9.17, 15) is 4.39 Å². The summed E-state index contributed by atoms with van der Waals surface area (Å²) in [4.78, 5) is 0. The van der Waals surface area contributed by atoms with Gasteiger partial charge in [-0.1, -0.05) is 13.8 Å². The Labute approximate surface area is 103 Å². The molecule has 0 amide bonds. The van der Waals surface area contributed by atoms with Crippen LogP contribution in [0.5, 0.6) is 5.75 Å². The Bertz CT molecular complexity index is 375. The topological polar surface area (TPSA) is 35.2 Å². The van der Waals surface area contributed by atoms with Crippen molar-refractivity contribution in [2.45, 2.75) is 40.2 Å². The molecule has 0 saturated carbocycles. The molecule has 0 fully saturated rings. The molecule has 96 valence electrons. The highest BCUT2D eigenvalue weighted by atomic mass is 19.1. The fourth-order valence-corrected chi connectivity index (χ4v) is 1.56. The van der Waals surface area contributed by atoms with Gasteiger partial charge in [0.1, 0.15) is 11.6 Å². The van der Waals surface area contributed by atoms with Gasteiger partial charge in [-0.3, -0.25) is 0 Å². The van der Waals surface area contributed by atoms with Crippen molar-refractivity contribution in [1.82, 2.24) is 0 Å². The second-order valence-corrected chi connectivity index (χ2v) is 4.96. The van der Waals surface area contributed by atoms with Crippen LogP contribution in [0.2, 0.25) is 0 Å². The van der Waals surface area contributed by atoms with Crippen LogP contribution >= 0.6 is 0 Å². The second kappa shape index (κ2) is 6.01. The summed E-state index contributed by atoms with van der Waals surface area (Å²) >= 11 is 0. The molecule has 0 unspecified atom stereocenters. The molecule has 3 heteroatoms. The number of ether oxygens (including phenoxy) is 1. The van der Waals surface area contributed by atoms with E-state index in [4.69, 9.17) is 10.5 Å². The van der Waals surface area contributed by atoms with Crippen LogP contribution < -0.4 is 10.5 Å².